The first-order valence-corrected chi connectivity index (χ1v) is 12.5. The summed E-state index contributed by atoms with van der Waals surface area (Å²) in [6, 6.07) is 13.3. The summed E-state index contributed by atoms with van der Waals surface area (Å²) >= 11 is 5.93. The number of ether oxygens (including phenoxy) is 2. The molecule has 2 amide bonds. The van der Waals surface area contributed by atoms with E-state index in [0.717, 1.165) is 26.2 Å². The van der Waals surface area contributed by atoms with Gasteiger partial charge in [0.15, 0.2) is 0 Å². The Morgan fingerprint density at radius 2 is 1.78 bits per heavy atom. The minimum atomic E-state index is -0.427. The molecule has 37 heavy (non-hydrogen) atoms. The van der Waals surface area contributed by atoms with Gasteiger partial charge in [0.2, 0.25) is 0 Å². The molecule has 4 rings (SSSR count). The van der Waals surface area contributed by atoms with Crippen molar-refractivity contribution in [2.24, 2.45) is 0 Å². The SMILES string of the molecule is CCOC(=O)CN1CCN(CC2CN(c3ccc(C(=N)NC(=O)c4cccc(Cl)c4)cc3)C(=O)O2)CC1. The van der Waals surface area contributed by atoms with Crippen molar-refractivity contribution in [3.05, 3.63) is 64.7 Å². The molecule has 2 aliphatic rings. The summed E-state index contributed by atoms with van der Waals surface area (Å²) in [4.78, 5) is 42.5. The van der Waals surface area contributed by atoms with Crippen molar-refractivity contribution < 1.29 is 23.9 Å². The molecule has 1 atom stereocenters. The Morgan fingerprint density at radius 3 is 2.46 bits per heavy atom. The molecular formula is C26H30ClN5O5. The summed E-state index contributed by atoms with van der Waals surface area (Å²) in [6.07, 6.45) is -0.679. The van der Waals surface area contributed by atoms with Gasteiger partial charge >= 0.3 is 12.1 Å². The molecule has 2 aromatic carbocycles. The standard InChI is InChI=1S/C26H30ClN5O5/c1-2-36-23(33)17-31-12-10-30(11-13-31)15-22-16-32(26(35)37-22)21-8-6-18(7-9-21)24(28)29-25(34)19-4-3-5-20(27)14-19/h3-9,14,22H,2,10-13,15-17H2,1H3,(H2,28,29,34). The lowest BCUT2D eigenvalue weighted by atomic mass is 10.1. The zero-order valence-electron chi connectivity index (χ0n) is 20.6. The van der Waals surface area contributed by atoms with E-state index in [2.05, 4.69) is 15.1 Å². The molecule has 1 unspecified atom stereocenters. The third-order valence-corrected chi connectivity index (χ3v) is 6.49. The highest BCUT2D eigenvalue weighted by Crippen LogP contribution is 2.23. The topological polar surface area (TPSA) is 115 Å². The number of cyclic esters (lactones) is 1. The average molecular weight is 528 g/mol. The fraction of sp³-hybridized carbons (Fsp3) is 0.385. The maximum Gasteiger partial charge on any atom is 0.414 e. The fourth-order valence-corrected chi connectivity index (χ4v) is 4.52. The quantitative estimate of drug-likeness (QED) is 0.308. The largest absolute Gasteiger partial charge is 0.465 e. The molecule has 0 aliphatic carbocycles. The maximum atomic E-state index is 12.5. The van der Waals surface area contributed by atoms with Crippen molar-refractivity contribution >= 4 is 41.1 Å². The molecule has 2 aliphatic heterocycles. The number of nitrogens with one attached hydrogen (secondary N) is 2. The molecule has 0 saturated carbocycles. The summed E-state index contributed by atoms with van der Waals surface area (Å²) < 4.78 is 10.6. The molecule has 2 heterocycles. The number of piperazine rings is 1. The van der Waals surface area contributed by atoms with Gasteiger partial charge in [0.05, 0.1) is 19.7 Å². The van der Waals surface area contributed by atoms with Crippen LogP contribution in [0.1, 0.15) is 22.8 Å². The smallest absolute Gasteiger partial charge is 0.414 e. The van der Waals surface area contributed by atoms with Crippen LogP contribution < -0.4 is 10.2 Å². The lowest BCUT2D eigenvalue weighted by molar-refractivity contribution is -0.144. The van der Waals surface area contributed by atoms with Crippen LogP contribution >= 0.6 is 11.6 Å². The van der Waals surface area contributed by atoms with Crippen LogP contribution in [0.5, 0.6) is 0 Å². The second kappa shape index (κ2) is 12.2. The van der Waals surface area contributed by atoms with E-state index < -0.39 is 12.0 Å². The van der Waals surface area contributed by atoms with E-state index in [1.54, 1.807) is 54.3 Å². The Bertz CT molecular complexity index is 1150. The Labute approximate surface area is 220 Å². The number of amidine groups is 1. The van der Waals surface area contributed by atoms with Crippen molar-refractivity contribution in [2.75, 3.05) is 57.3 Å². The van der Waals surface area contributed by atoms with Gasteiger partial charge in [0, 0.05) is 54.6 Å². The van der Waals surface area contributed by atoms with E-state index in [1.807, 2.05) is 0 Å². The number of halogens is 1. The number of hydrogen-bond acceptors (Lipinski definition) is 8. The summed E-state index contributed by atoms with van der Waals surface area (Å²) in [5.74, 6) is -0.689. The second-order valence-corrected chi connectivity index (χ2v) is 9.32. The van der Waals surface area contributed by atoms with Crippen LogP contribution in [0.25, 0.3) is 0 Å². The summed E-state index contributed by atoms with van der Waals surface area (Å²) in [5.41, 5.74) is 1.52. The van der Waals surface area contributed by atoms with Crippen molar-refractivity contribution in [3.63, 3.8) is 0 Å². The van der Waals surface area contributed by atoms with Gasteiger partial charge in [-0.25, -0.2) is 4.79 Å². The highest BCUT2D eigenvalue weighted by atomic mass is 35.5. The number of esters is 1. The highest BCUT2D eigenvalue weighted by molar-refractivity contribution is 6.31. The van der Waals surface area contributed by atoms with Gasteiger partial charge in [-0.2, -0.15) is 0 Å². The molecular weight excluding hydrogens is 498 g/mol. The van der Waals surface area contributed by atoms with Crippen LogP contribution in [0.15, 0.2) is 48.5 Å². The van der Waals surface area contributed by atoms with Crippen LogP contribution in [0.4, 0.5) is 10.5 Å². The molecule has 0 aromatic heterocycles. The highest BCUT2D eigenvalue weighted by Gasteiger charge is 2.34. The van der Waals surface area contributed by atoms with Crippen molar-refractivity contribution in [3.8, 4) is 0 Å². The molecule has 0 spiro atoms. The van der Waals surface area contributed by atoms with E-state index in [-0.39, 0.29) is 17.9 Å². The van der Waals surface area contributed by atoms with Gasteiger partial charge in [-0.15, -0.1) is 0 Å². The van der Waals surface area contributed by atoms with E-state index in [1.165, 1.54) is 6.07 Å². The second-order valence-electron chi connectivity index (χ2n) is 8.88. The van der Waals surface area contributed by atoms with E-state index in [0.29, 0.717) is 48.1 Å². The fourth-order valence-electron chi connectivity index (χ4n) is 4.33. The zero-order chi connectivity index (χ0) is 26.4. The predicted molar refractivity (Wildman–Crippen MR) is 139 cm³/mol. The number of nitrogens with zero attached hydrogens (tertiary/aromatic N) is 3. The third kappa shape index (κ3) is 7.06. The molecule has 196 valence electrons. The Morgan fingerprint density at radius 1 is 1.08 bits per heavy atom. The molecule has 2 fully saturated rings. The van der Waals surface area contributed by atoms with Crippen LogP contribution in [-0.4, -0.2) is 92.1 Å². The minimum absolute atomic E-state index is 0.0551. The van der Waals surface area contributed by atoms with Gasteiger partial charge in [-0.1, -0.05) is 17.7 Å². The van der Waals surface area contributed by atoms with E-state index in [9.17, 15) is 14.4 Å². The van der Waals surface area contributed by atoms with Crippen LogP contribution in [0.2, 0.25) is 5.02 Å². The van der Waals surface area contributed by atoms with Gasteiger partial charge < -0.3 is 14.8 Å². The van der Waals surface area contributed by atoms with Gasteiger partial charge in [0.1, 0.15) is 11.9 Å². The van der Waals surface area contributed by atoms with Crippen LogP contribution in [0.3, 0.4) is 0 Å². The number of benzene rings is 2. The third-order valence-electron chi connectivity index (χ3n) is 6.25. The normalized spacial score (nSPS) is 18.4. The monoisotopic (exact) mass is 527 g/mol. The number of amides is 2. The molecule has 0 radical (unpaired) electrons. The van der Waals surface area contributed by atoms with Gasteiger partial charge in [0.25, 0.3) is 5.91 Å². The predicted octanol–water partition coefficient (Wildman–Crippen LogP) is 2.60. The first kappa shape index (κ1) is 26.6. The Hall–Kier alpha value is -3.47. The van der Waals surface area contributed by atoms with Crippen molar-refractivity contribution in [2.45, 2.75) is 13.0 Å². The van der Waals surface area contributed by atoms with Gasteiger partial charge in [-0.05, 0) is 49.4 Å². The summed E-state index contributed by atoms with van der Waals surface area (Å²) in [7, 11) is 0. The Kier molecular flexibility index (Phi) is 8.75. The number of hydrogen-bond donors (Lipinski definition) is 2. The minimum Gasteiger partial charge on any atom is -0.465 e. The van der Waals surface area contributed by atoms with Crippen LogP contribution in [-0.2, 0) is 14.3 Å². The number of anilines is 1. The number of rotatable bonds is 8. The average Bonchev–Trinajstić information content (AvgIpc) is 3.25. The molecule has 2 saturated heterocycles. The number of carbonyl (C=O) groups excluding carboxylic acids is 3. The summed E-state index contributed by atoms with van der Waals surface area (Å²) in [5, 5.41) is 11.2. The van der Waals surface area contributed by atoms with Crippen LogP contribution in [0, 0.1) is 5.41 Å². The molecule has 0 bridgehead atoms. The summed E-state index contributed by atoms with van der Waals surface area (Å²) in [6.45, 7) is 6.59. The maximum absolute atomic E-state index is 12.5. The molecule has 2 N–H and O–H groups in total. The molecule has 10 nitrogen and oxygen atoms in total. The van der Waals surface area contributed by atoms with Crippen molar-refractivity contribution in [1.82, 2.24) is 15.1 Å². The Balaban J connectivity index is 1.26. The van der Waals surface area contributed by atoms with E-state index >= 15 is 0 Å². The molecule has 11 heteroatoms. The molecule has 2 aromatic rings. The lowest BCUT2D eigenvalue weighted by Gasteiger charge is -2.34. The first-order valence-electron chi connectivity index (χ1n) is 12.2. The van der Waals surface area contributed by atoms with Gasteiger partial charge in [-0.3, -0.25) is 29.7 Å². The first-order chi connectivity index (χ1) is 17.8. The zero-order valence-corrected chi connectivity index (χ0v) is 21.4. The lowest BCUT2D eigenvalue weighted by Crippen LogP contribution is -2.50. The van der Waals surface area contributed by atoms with E-state index in [4.69, 9.17) is 26.5 Å². The van der Waals surface area contributed by atoms with Crippen molar-refractivity contribution in [1.29, 1.82) is 5.41 Å². The number of carbonyl (C=O) groups is 3.